The first kappa shape index (κ1) is 15.0. The van der Waals surface area contributed by atoms with Gasteiger partial charge < -0.3 is 14.8 Å². The van der Waals surface area contributed by atoms with Crippen LogP contribution in [0.25, 0.3) is 0 Å². The summed E-state index contributed by atoms with van der Waals surface area (Å²) in [5, 5.41) is 13.6. The molecule has 0 bridgehead atoms. The number of benzene rings is 1. The minimum atomic E-state index is -0.514. The first-order valence-electron chi connectivity index (χ1n) is 5.75. The molecule has 0 radical (unpaired) electrons. The smallest absolute Gasteiger partial charge is 0.273 e. The van der Waals surface area contributed by atoms with Gasteiger partial charge in [-0.3, -0.25) is 10.1 Å². The average Bonchev–Trinajstić information content (AvgIpc) is 2.49. The molecule has 9 heteroatoms. The third-order valence-corrected chi connectivity index (χ3v) is 3.04. The van der Waals surface area contributed by atoms with Gasteiger partial charge in [-0.25, -0.2) is 4.98 Å². The predicted molar refractivity (Wildman–Crippen MR) is 79.0 cm³/mol. The van der Waals surface area contributed by atoms with Crippen LogP contribution in [0, 0.1) is 10.1 Å². The zero-order valence-electron chi connectivity index (χ0n) is 11.2. The van der Waals surface area contributed by atoms with Crippen molar-refractivity contribution in [1.29, 1.82) is 0 Å². The summed E-state index contributed by atoms with van der Waals surface area (Å²) in [5.74, 6) is 1.12. The summed E-state index contributed by atoms with van der Waals surface area (Å²) in [6, 6.07) is 4.06. The second-order valence-electron chi connectivity index (χ2n) is 3.79. The Hall–Kier alpha value is -2.42. The number of non-ortho nitro benzene ring substituents is 1. The number of anilines is 1. The molecule has 1 aromatic heterocycles. The van der Waals surface area contributed by atoms with Crippen LogP contribution < -0.4 is 14.8 Å². The minimum absolute atomic E-state index is 0.107. The van der Waals surface area contributed by atoms with E-state index in [1.807, 2.05) is 0 Å². The fraction of sp³-hybridized carbons (Fsp3) is 0.167. The number of rotatable bonds is 5. The van der Waals surface area contributed by atoms with Crippen LogP contribution in [-0.4, -0.2) is 29.0 Å². The van der Waals surface area contributed by atoms with E-state index in [4.69, 9.17) is 9.47 Å². The van der Waals surface area contributed by atoms with Crippen LogP contribution in [0.3, 0.4) is 0 Å². The highest BCUT2D eigenvalue weighted by Gasteiger charge is 2.15. The summed E-state index contributed by atoms with van der Waals surface area (Å²) in [6.07, 6.45) is 1.51. The highest BCUT2D eigenvalue weighted by molar-refractivity contribution is 9.10. The second kappa shape index (κ2) is 6.35. The fourth-order valence-corrected chi connectivity index (χ4v) is 1.78. The van der Waals surface area contributed by atoms with E-state index in [9.17, 15) is 10.1 Å². The van der Waals surface area contributed by atoms with Gasteiger partial charge in [-0.1, -0.05) is 0 Å². The van der Waals surface area contributed by atoms with Crippen molar-refractivity contribution in [3.63, 3.8) is 0 Å². The van der Waals surface area contributed by atoms with E-state index >= 15 is 0 Å². The van der Waals surface area contributed by atoms with Gasteiger partial charge in [0.2, 0.25) is 11.8 Å². The van der Waals surface area contributed by atoms with Crippen molar-refractivity contribution in [3.05, 3.63) is 39.0 Å². The number of nitro benzene ring substituents is 1. The molecular formula is C12H11BrN4O4. The van der Waals surface area contributed by atoms with E-state index in [1.54, 1.807) is 7.05 Å². The van der Waals surface area contributed by atoms with Crippen LogP contribution in [0.2, 0.25) is 0 Å². The molecule has 0 aliphatic heterocycles. The maximum Gasteiger partial charge on any atom is 0.273 e. The van der Waals surface area contributed by atoms with Gasteiger partial charge >= 0.3 is 0 Å². The van der Waals surface area contributed by atoms with Gasteiger partial charge in [-0.15, -0.1) is 0 Å². The molecule has 21 heavy (non-hydrogen) atoms. The highest BCUT2D eigenvalue weighted by atomic mass is 79.9. The third kappa shape index (κ3) is 3.37. The molecular weight excluding hydrogens is 344 g/mol. The Morgan fingerprint density at radius 1 is 1.38 bits per heavy atom. The summed E-state index contributed by atoms with van der Waals surface area (Å²) < 4.78 is 11.2. The zero-order chi connectivity index (χ0) is 15.4. The highest BCUT2D eigenvalue weighted by Crippen LogP contribution is 2.36. The van der Waals surface area contributed by atoms with E-state index in [-0.39, 0.29) is 17.3 Å². The van der Waals surface area contributed by atoms with Gasteiger partial charge in [0, 0.05) is 13.1 Å². The molecule has 1 N–H and O–H groups in total. The van der Waals surface area contributed by atoms with E-state index in [1.165, 1.54) is 31.5 Å². The Balaban J connectivity index is 2.42. The topological polar surface area (TPSA) is 99.4 Å². The molecule has 1 aromatic carbocycles. The standard InChI is InChI=1S/C12H11BrN4O4/c1-14-12-15-6-8(13)11(16-12)21-10-5-7(17(18)19)3-4-9(10)20-2/h3-6H,1-2H3,(H,14,15,16). The number of nitrogens with one attached hydrogen (secondary N) is 1. The zero-order valence-corrected chi connectivity index (χ0v) is 12.7. The maximum atomic E-state index is 10.8. The molecule has 1 heterocycles. The number of nitrogens with zero attached hydrogens (tertiary/aromatic N) is 3. The van der Waals surface area contributed by atoms with Crippen LogP contribution in [0.5, 0.6) is 17.4 Å². The molecule has 110 valence electrons. The number of hydrogen-bond donors (Lipinski definition) is 1. The predicted octanol–water partition coefficient (Wildman–Crippen LogP) is 2.99. The molecule has 2 aromatic rings. The molecule has 0 atom stereocenters. The molecule has 0 saturated heterocycles. The van der Waals surface area contributed by atoms with E-state index in [0.717, 1.165) is 0 Å². The summed E-state index contributed by atoms with van der Waals surface area (Å²) in [7, 11) is 3.11. The van der Waals surface area contributed by atoms with Crippen molar-refractivity contribution in [1.82, 2.24) is 9.97 Å². The number of nitro groups is 1. The number of halogens is 1. The van der Waals surface area contributed by atoms with E-state index < -0.39 is 4.92 Å². The number of methoxy groups -OCH3 is 1. The lowest BCUT2D eigenvalue weighted by Crippen LogP contribution is -1.99. The molecule has 0 fully saturated rings. The Morgan fingerprint density at radius 2 is 2.14 bits per heavy atom. The van der Waals surface area contributed by atoms with Crippen molar-refractivity contribution in [2.24, 2.45) is 0 Å². The first-order chi connectivity index (χ1) is 10.0. The van der Waals surface area contributed by atoms with Crippen molar-refractivity contribution in [2.45, 2.75) is 0 Å². The summed E-state index contributed by atoms with van der Waals surface area (Å²) in [4.78, 5) is 18.4. The Morgan fingerprint density at radius 3 is 2.76 bits per heavy atom. The minimum Gasteiger partial charge on any atom is -0.493 e. The van der Waals surface area contributed by atoms with E-state index in [0.29, 0.717) is 16.2 Å². The lowest BCUT2D eigenvalue weighted by molar-refractivity contribution is -0.384. The summed E-state index contributed by atoms with van der Waals surface area (Å²) in [5.41, 5.74) is -0.107. The number of ether oxygens (including phenoxy) is 2. The molecule has 0 aliphatic rings. The quantitative estimate of drug-likeness (QED) is 0.650. The molecule has 0 amide bonds. The molecule has 2 rings (SSSR count). The van der Waals surface area contributed by atoms with Crippen molar-refractivity contribution in [2.75, 3.05) is 19.5 Å². The van der Waals surface area contributed by atoms with Gasteiger partial charge in [0.1, 0.15) is 0 Å². The third-order valence-electron chi connectivity index (χ3n) is 2.50. The van der Waals surface area contributed by atoms with Crippen LogP contribution in [0.1, 0.15) is 0 Å². The normalized spacial score (nSPS) is 10.0. The lowest BCUT2D eigenvalue weighted by atomic mass is 10.3. The number of hydrogen-bond acceptors (Lipinski definition) is 7. The molecule has 0 spiro atoms. The largest absolute Gasteiger partial charge is 0.493 e. The molecule has 0 aliphatic carbocycles. The summed E-state index contributed by atoms with van der Waals surface area (Å²) >= 11 is 3.26. The van der Waals surface area contributed by atoms with Gasteiger partial charge in [-0.05, 0) is 22.0 Å². The monoisotopic (exact) mass is 354 g/mol. The lowest BCUT2D eigenvalue weighted by Gasteiger charge is -2.11. The van der Waals surface area contributed by atoms with Gasteiger partial charge in [0.25, 0.3) is 5.69 Å². The first-order valence-corrected chi connectivity index (χ1v) is 6.55. The molecule has 0 saturated carbocycles. The van der Waals surface area contributed by atoms with Gasteiger partial charge in [0.05, 0.1) is 28.8 Å². The van der Waals surface area contributed by atoms with Crippen LogP contribution >= 0.6 is 15.9 Å². The Kier molecular flexibility index (Phi) is 4.53. The van der Waals surface area contributed by atoms with Crippen molar-refractivity contribution in [3.8, 4) is 17.4 Å². The van der Waals surface area contributed by atoms with Crippen molar-refractivity contribution >= 4 is 27.6 Å². The van der Waals surface area contributed by atoms with Crippen LogP contribution in [0.4, 0.5) is 11.6 Å². The van der Waals surface area contributed by atoms with Crippen LogP contribution in [0.15, 0.2) is 28.9 Å². The Labute approximate surface area is 128 Å². The maximum absolute atomic E-state index is 10.8. The average molecular weight is 355 g/mol. The van der Waals surface area contributed by atoms with Crippen LogP contribution in [-0.2, 0) is 0 Å². The van der Waals surface area contributed by atoms with Gasteiger partial charge in [-0.2, -0.15) is 4.98 Å². The fourth-order valence-electron chi connectivity index (χ4n) is 1.51. The second-order valence-corrected chi connectivity index (χ2v) is 4.65. The van der Waals surface area contributed by atoms with Gasteiger partial charge in [0.15, 0.2) is 11.5 Å². The summed E-state index contributed by atoms with van der Waals surface area (Å²) in [6.45, 7) is 0. The molecule has 8 nitrogen and oxygen atoms in total. The SMILES string of the molecule is CNc1ncc(Br)c(Oc2cc([N+](=O)[O-])ccc2OC)n1. The van der Waals surface area contributed by atoms with Crippen molar-refractivity contribution < 1.29 is 14.4 Å². The number of aromatic nitrogens is 2. The van der Waals surface area contributed by atoms with E-state index in [2.05, 4.69) is 31.2 Å². The molecule has 0 unspecified atom stereocenters. The Bertz CT molecular complexity index is 680.